The molecule has 4 aliphatic rings. The normalized spacial score (nSPS) is 22.7. The Labute approximate surface area is 243 Å². The van der Waals surface area contributed by atoms with Crippen molar-refractivity contribution in [2.75, 3.05) is 11.9 Å². The maximum absolute atomic E-state index is 14.1. The van der Waals surface area contributed by atoms with E-state index in [0.717, 1.165) is 27.2 Å². The van der Waals surface area contributed by atoms with Crippen LogP contribution in [0.4, 0.5) is 5.69 Å². The first-order valence-electron chi connectivity index (χ1n) is 13.9. The van der Waals surface area contributed by atoms with E-state index in [1.54, 1.807) is 25.1 Å². The molecule has 1 saturated heterocycles. The molecule has 7 nitrogen and oxygen atoms in total. The molecule has 1 N–H and O–H groups in total. The predicted molar refractivity (Wildman–Crippen MR) is 154 cm³/mol. The Hall–Kier alpha value is -3.97. The van der Waals surface area contributed by atoms with Crippen molar-refractivity contribution in [2.45, 2.75) is 45.1 Å². The Kier molecular flexibility index (Phi) is 6.94. The van der Waals surface area contributed by atoms with Crippen molar-refractivity contribution in [3.63, 3.8) is 0 Å². The number of hydrogen-bond acceptors (Lipinski definition) is 5. The summed E-state index contributed by atoms with van der Waals surface area (Å²) in [4.78, 5) is 55.6. The molecular formula is C33H31ClN2O5. The summed E-state index contributed by atoms with van der Waals surface area (Å²) in [6.45, 7) is 5.06. The summed E-state index contributed by atoms with van der Waals surface area (Å²) in [6.07, 6.45) is 0.236. The third-order valence-corrected chi connectivity index (χ3v) is 9.06. The molecule has 0 unspecified atom stereocenters. The van der Waals surface area contributed by atoms with Crippen LogP contribution in [0, 0.1) is 24.7 Å². The van der Waals surface area contributed by atoms with Gasteiger partial charge in [0.15, 0.2) is 6.61 Å². The summed E-state index contributed by atoms with van der Waals surface area (Å²) in [5.74, 6) is -3.71. The van der Waals surface area contributed by atoms with Crippen LogP contribution in [-0.2, 0) is 23.9 Å². The van der Waals surface area contributed by atoms with E-state index in [1.165, 1.54) is 0 Å². The van der Waals surface area contributed by atoms with Crippen LogP contribution in [0.1, 0.15) is 59.9 Å². The van der Waals surface area contributed by atoms with Crippen LogP contribution in [0.3, 0.4) is 0 Å². The number of hydrogen-bond donors (Lipinski definition) is 1. The van der Waals surface area contributed by atoms with Gasteiger partial charge in [-0.05, 0) is 59.2 Å². The number of imide groups is 1. The van der Waals surface area contributed by atoms with E-state index in [1.807, 2.05) is 62.4 Å². The lowest BCUT2D eigenvalue weighted by Crippen LogP contribution is -2.47. The van der Waals surface area contributed by atoms with Gasteiger partial charge in [0, 0.05) is 22.5 Å². The lowest BCUT2D eigenvalue weighted by molar-refractivity contribution is -0.160. The van der Waals surface area contributed by atoms with E-state index in [-0.39, 0.29) is 36.0 Å². The highest BCUT2D eigenvalue weighted by Gasteiger charge is 2.63. The van der Waals surface area contributed by atoms with Gasteiger partial charge in [0.2, 0.25) is 11.8 Å². The molecule has 1 aliphatic heterocycles. The molecule has 0 saturated carbocycles. The maximum atomic E-state index is 14.1. The number of halogens is 1. The molecule has 1 fully saturated rings. The Morgan fingerprint density at radius 2 is 1.37 bits per heavy atom. The second-order valence-corrected chi connectivity index (χ2v) is 11.9. The molecule has 8 heteroatoms. The lowest BCUT2D eigenvalue weighted by Gasteiger charge is -2.45. The minimum atomic E-state index is -1.12. The zero-order chi connectivity index (χ0) is 29.0. The summed E-state index contributed by atoms with van der Waals surface area (Å²) in [5.41, 5.74) is 5.47. The predicted octanol–water partition coefficient (Wildman–Crippen LogP) is 5.44. The van der Waals surface area contributed by atoms with E-state index in [4.69, 9.17) is 16.3 Å². The van der Waals surface area contributed by atoms with Gasteiger partial charge in [0.25, 0.3) is 5.91 Å². The number of ether oxygens (including phenoxy) is 1. The summed E-state index contributed by atoms with van der Waals surface area (Å²) in [7, 11) is 0. The van der Waals surface area contributed by atoms with Gasteiger partial charge in [-0.25, -0.2) is 4.79 Å². The Morgan fingerprint density at radius 1 is 0.854 bits per heavy atom. The summed E-state index contributed by atoms with van der Waals surface area (Å²) in [5, 5.41) is 3.21. The van der Waals surface area contributed by atoms with E-state index < -0.39 is 36.4 Å². The van der Waals surface area contributed by atoms with Crippen molar-refractivity contribution in [1.82, 2.24) is 4.90 Å². The third kappa shape index (κ3) is 4.43. The number of likely N-dealkylation sites (tertiary alicyclic amines) is 1. The van der Waals surface area contributed by atoms with E-state index in [0.29, 0.717) is 16.3 Å². The molecule has 210 valence electrons. The molecule has 0 aromatic heterocycles. The number of nitrogens with one attached hydrogen (secondary N) is 1. The highest BCUT2D eigenvalue weighted by molar-refractivity contribution is 6.31. The van der Waals surface area contributed by atoms with Gasteiger partial charge in [-0.2, -0.15) is 0 Å². The first-order valence-corrected chi connectivity index (χ1v) is 14.3. The van der Waals surface area contributed by atoms with Gasteiger partial charge in [-0.1, -0.05) is 80.0 Å². The van der Waals surface area contributed by atoms with Crippen LogP contribution < -0.4 is 5.32 Å². The van der Waals surface area contributed by atoms with Crippen LogP contribution >= 0.6 is 11.6 Å². The van der Waals surface area contributed by atoms with E-state index in [9.17, 15) is 19.2 Å². The van der Waals surface area contributed by atoms with Gasteiger partial charge in [0.05, 0.1) is 11.8 Å². The number of rotatable bonds is 7. The Balaban J connectivity index is 1.27. The Morgan fingerprint density at radius 3 is 1.85 bits per heavy atom. The number of carbonyl (C=O) groups is 4. The largest absolute Gasteiger partial charge is 0.454 e. The summed E-state index contributed by atoms with van der Waals surface area (Å²) < 4.78 is 5.43. The summed E-state index contributed by atoms with van der Waals surface area (Å²) >= 11 is 6.14. The number of benzene rings is 3. The number of amides is 3. The van der Waals surface area contributed by atoms with Crippen LogP contribution in [0.15, 0.2) is 66.7 Å². The smallest absolute Gasteiger partial charge is 0.329 e. The molecule has 3 atom stereocenters. The molecule has 3 aliphatic carbocycles. The molecular weight excluding hydrogens is 540 g/mol. The lowest BCUT2D eigenvalue weighted by atomic mass is 9.55. The van der Waals surface area contributed by atoms with Gasteiger partial charge in [-0.3, -0.25) is 19.3 Å². The fourth-order valence-electron chi connectivity index (χ4n) is 6.92. The standard InChI is InChI=1S/C33H31ClN2O5/c1-17(2)15-25(33(40)41-16-26(37)35-24-14-8-13-23(34)18(24)3)36-31(38)29-27-19-9-4-5-10-20(19)28(30(29)32(36)39)22-12-7-6-11-21(22)27/h4-14,17,25,27-30H,15-16H2,1-3H3,(H,35,37)/t25-,27?,28?,29+,30+/m0/s1. The Bertz CT molecular complexity index is 1470. The highest BCUT2D eigenvalue weighted by Crippen LogP contribution is 2.61. The van der Waals surface area contributed by atoms with Gasteiger partial charge in [0.1, 0.15) is 6.04 Å². The second kappa shape index (κ2) is 10.5. The number of esters is 1. The molecule has 3 aromatic rings. The first-order chi connectivity index (χ1) is 19.7. The van der Waals surface area contributed by atoms with Gasteiger partial charge in [-0.15, -0.1) is 0 Å². The minimum Gasteiger partial charge on any atom is -0.454 e. The van der Waals surface area contributed by atoms with E-state index in [2.05, 4.69) is 5.32 Å². The van der Waals surface area contributed by atoms with Crippen LogP contribution in [-0.4, -0.2) is 41.2 Å². The van der Waals surface area contributed by atoms with Crippen molar-refractivity contribution < 1.29 is 23.9 Å². The highest BCUT2D eigenvalue weighted by atomic mass is 35.5. The van der Waals surface area contributed by atoms with Gasteiger partial charge < -0.3 is 10.1 Å². The zero-order valence-electron chi connectivity index (χ0n) is 23.1. The van der Waals surface area contributed by atoms with Crippen molar-refractivity contribution in [3.05, 3.63) is 99.6 Å². The van der Waals surface area contributed by atoms with Crippen molar-refractivity contribution in [3.8, 4) is 0 Å². The maximum Gasteiger partial charge on any atom is 0.329 e. The van der Waals surface area contributed by atoms with Crippen molar-refractivity contribution in [2.24, 2.45) is 17.8 Å². The fourth-order valence-corrected chi connectivity index (χ4v) is 7.10. The van der Waals surface area contributed by atoms with Crippen molar-refractivity contribution >= 4 is 41.0 Å². The van der Waals surface area contributed by atoms with Crippen LogP contribution in [0.2, 0.25) is 5.02 Å². The average molecular weight is 571 g/mol. The van der Waals surface area contributed by atoms with Crippen molar-refractivity contribution in [1.29, 1.82) is 0 Å². The molecule has 3 amide bonds. The molecule has 1 heterocycles. The molecule has 0 spiro atoms. The second-order valence-electron chi connectivity index (χ2n) is 11.5. The zero-order valence-corrected chi connectivity index (χ0v) is 23.9. The van der Waals surface area contributed by atoms with Crippen LogP contribution in [0.5, 0.6) is 0 Å². The minimum absolute atomic E-state index is 0.00942. The summed E-state index contributed by atoms with van der Waals surface area (Å²) in [6, 6.07) is 20.0. The average Bonchev–Trinajstić information content (AvgIpc) is 3.22. The number of nitrogens with zero attached hydrogens (tertiary/aromatic N) is 1. The van der Waals surface area contributed by atoms with Gasteiger partial charge >= 0.3 is 5.97 Å². The topological polar surface area (TPSA) is 92.8 Å². The molecule has 2 bridgehead atoms. The number of anilines is 1. The molecule has 0 radical (unpaired) electrons. The molecule has 41 heavy (non-hydrogen) atoms. The molecule has 7 rings (SSSR count). The van der Waals surface area contributed by atoms with Crippen LogP contribution in [0.25, 0.3) is 0 Å². The SMILES string of the molecule is Cc1c(Cl)cccc1NC(=O)COC(=O)[C@H](CC(C)C)N1C(=O)[C@@H]2C3c4ccccc4C(c4ccccc43)[C@H]2C1=O. The molecule has 3 aromatic carbocycles. The number of carbonyl (C=O) groups excluding carboxylic acids is 4. The third-order valence-electron chi connectivity index (χ3n) is 8.65. The quantitative estimate of drug-likeness (QED) is 0.302. The first kappa shape index (κ1) is 27.2. The fraction of sp³-hybridized carbons (Fsp3) is 0.333. The van der Waals surface area contributed by atoms with E-state index >= 15 is 0 Å². The monoisotopic (exact) mass is 570 g/mol.